The Morgan fingerprint density at radius 1 is 1.29 bits per heavy atom. The first kappa shape index (κ1) is 13.8. The van der Waals surface area contributed by atoms with E-state index in [2.05, 4.69) is 30.3 Å². The number of azo groups is 1. The molecule has 0 aliphatic carbocycles. The Kier molecular flexibility index (Phi) is 3.98. The fourth-order valence-electron chi connectivity index (χ4n) is 1.97. The Balaban J connectivity index is 1.84. The van der Waals surface area contributed by atoms with Gasteiger partial charge in [0.25, 0.3) is 0 Å². The molecule has 0 aromatic carbocycles. The van der Waals surface area contributed by atoms with Crippen molar-refractivity contribution in [2.45, 2.75) is 0 Å². The molecule has 21 heavy (non-hydrogen) atoms. The molecule has 0 spiro atoms. The number of pyridine rings is 1. The Hall–Kier alpha value is -2.19. The van der Waals surface area contributed by atoms with Gasteiger partial charge >= 0.3 is 0 Å². The van der Waals surface area contributed by atoms with Crippen LogP contribution < -0.4 is 10.6 Å². The van der Waals surface area contributed by atoms with Gasteiger partial charge < -0.3 is 15.4 Å². The fourth-order valence-corrected chi connectivity index (χ4v) is 2.08. The van der Waals surface area contributed by atoms with Crippen molar-refractivity contribution >= 4 is 34.6 Å². The van der Waals surface area contributed by atoms with Crippen LogP contribution in [-0.4, -0.2) is 41.5 Å². The second-order valence-corrected chi connectivity index (χ2v) is 4.84. The number of nitrogens with zero attached hydrogens (tertiary/aromatic N) is 5. The fraction of sp³-hybridized carbons (Fsp3) is 0.333. The molecule has 8 nitrogen and oxygen atoms in total. The van der Waals surface area contributed by atoms with Crippen molar-refractivity contribution in [2.75, 3.05) is 36.9 Å². The third-order valence-electron chi connectivity index (χ3n) is 3.04. The first-order chi connectivity index (χ1) is 10.2. The van der Waals surface area contributed by atoms with Crippen LogP contribution in [0.4, 0.5) is 23.0 Å². The van der Waals surface area contributed by atoms with E-state index in [1.54, 1.807) is 12.1 Å². The summed E-state index contributed by atoms with van der Waals surface area (Å²) in [5.41, 5.74) is 6.98. The average Bonchev–Trinajstić information content (AvgIpc) is 2.89. The van der Waals surface area contributed by atoms with Gasteiger partial charge in [-0.1, -0.05) is 11.6 Å². The summed E-state index contributed by atoms with van der Waals surface area (Å²) in [6.07, 6.45) is 1.54. The van der Waals surface area contributed by atoms with Gasteiger partial charge in [0.1, 0.15) is 16.7 Å². The number of morpholine rings is 1. The van der Waals surface area contributed by atoms with Crippen LogP contribution in [0.5, 0.6) is 0 Å². The van der Waals surface area contributed by atoms with E-state index in [9.17, 15) is 0 Å². The lowest BCUT2D eigenvalue weighted by Gasteiger charge is -2.26. The predicted octanol–water partition coefficient (Wildman–Crippen LogP) is 2.29. The van der Waals surface area contributed by atoms with Crippen LogP contribution in [0, 0.1) is 0 Å². The molecule has 0 bridgehead atoms. The summed E-state index contributed by atoms with van der Waals surface area (Å²) in [6.45, 7) is 2.81. The molecule has 3 heterocycles. The van der Waals surface area contributed by atoms with E-state index in [0.29, 0.717) is 41.4 Å². The molecule has 0 radical (unpaired) electrons. The topological polar surface area (TPSA) is 105 Å². The number of H-pyrrole nitrogens is 1. The van der Waals surface area contributed by atoms with E-state index in [1.807, 2.05) is 0 Å². The summed E-state index contributed by atoms with van der Waals surface area (Å²) in [6, 6.07) is 3.38. The van der Waals surface area contributed by atoms with Crippen molar-refractivity contribution in [2.24, 2.45) is 10.2 Å². The average molecular weight is 308 g/mol. The Bertz CT molecular complexity index is 634. The van der Waals surface area contributed by atoms with E-state index in [0.717, 1.165) is 13.1 Å². The van der Waals surface area contributed by atoms with Crippen LogP contribution in [0.2, 0.25) is 5.15 Å². The molecule has 0 saturated carbocycles. The van der Waals surface area contributed by atoms with Crippen LogP contribution in [0.25, 0.3) is 0 Å². The molecule has 1 fully saturated rings. The second kappa shape index (κ2) is 6.06. The van der Waals surface area contributed by atoms with Crippen molar-refractivity contribution in [3.05, 3.63) is 23.5 Å². The summed E-state index contributed by atoms with van der Waals surface area (Å²) >= 11 is 5.73. The minimum absolute atomic E-state index is 0.377. The molecule has 0 atom stereocenters. The molecule has 0 unspecified atom stereocenters. The van der Waals surface area contributed by atoms with Gasteiger partial charge in [0.05, 0.1) is 19.4 Å². The zero-order valence-corrected chi connectivity index (χ0v) is 11.9. The number of hydrogen-bond donors (Lipinski definition) is 2. The molecule has 0 amide bonds. The Morgan fingerprint density at radius 2 is 2.10 bits per heavy atom. The monoisotopic (exact) mass is 307 g/mol. The molecule has 3 rings (SSSR count). The predicted molar refractivity (Wildman–Crippen MR) is 79.5 cm³/mol. The van der Waals surface area contributed by atoms with Gasteiger partial charge in [-0.25, -0.2) is 4.98 Å². The number of aromatic nitrogens is 3. The third kappa shape index (κ3) is 3.11. The summed E-state index contributed by atoms with van der Waals surface area (Å²) in [7, 11) is 0. The highest BCUT2D eigenvalue weighted by Gasteiger charge is 2.20. The minimum Gasteiger partial charge on any atom is -0.382 e. The van der Waals surface area contributed by atoms with Gasteiger partial charge in [0.15, 0.2) is 11.5 Å². The van der Waals surface area contributed by atoms with Crippen molar-refractivity contribution < 1.29 is 4.74 Å². The SMILES string of the molecule is Nc1[nH]nc(N2CCOCC2)c1N=Nc1ccc(Cl)nc1. The quantitative estimate of drug-likeness (QED) is 0.668. The first-order valence-electron chi connectivity index (χ1n) is 6.44. The van der Waals surface area contributed by atoms with Crippen molar-refractivity contribution in [1.29, 1.82) is 0 Å². The van der Waals surface area contributed by atoms with E-state index >= 15 is 0 Å². The van der Waals surface area contributed by atoms with Gasteiger partial charge in [-0.05, 0) is 12.1 Å². The molecule has 9 heteroatoms. The smallest absolute Gasteiger partial charge is 0.180 e. The van der Waals surface area contributed by atoms with E-state index in [1.165, 1.54) is 6.20 Å². The number of hydrogen-bond acceptors (Lipinski definition) is 7. The summed E-state index contributed by atoms with van der Waals surface area (Å²) in [5, 5.41) is 15.6. The van der Waals surface area contributed by atoms with Crippen molar-refractivity contribution in [1.82, 2.24) is 15.2 Å². The summed E-state index contributed by atoms with van der Waals surface area (Å²) in [4.78, 5) is 6.00. The molecular weight excluding hydrogens is 294 g/mol. The number of anilines is 2. The largest absolute Gasteiger partial charge is 0.382 e. The molecule has 2 aromatic rings. The zero-order chi connectivity index (χ0) is 14.7. The maximum atomic E-state index is 5.87. The number of rotatable bonds is 3. The van der Waals surface area contributed by atoms with Gasteiger partial charge in [-0.3, -0.25) is 5.10 Å². The van der Waals surface area contributed by atoms with Crippen LogP contribution in [-0.2, 0) is 4.74 Å². The minimum atomic E-state index is 0.377. The van der Waals surface area contributed by atoms with E-state index < -0.39 is 0 Å². The number of nitrogen functional groups attached to an aromatic ring is 1. The lowest BCUT2D eigenvalue weighted by atomic mass is 10.4. The lowest BCUT2D eigenvalue weighted by molar-refractivity contribution is 0.122. The number of nitrogens with two attached hydrogens (primary N) is 1. The molecule has 1 aliphatic heterocycles. The maximum absolute atomic E-state index is 5.87. The molecule has 110 valence electrons. The molecule has 2 aromatic heterocycles. The van der Waals surface area contributed by atoms with Crippen molar-refractivity contribution in [3.63, 3.8) is 0 Å². The van der Waals surface area contributed by atoms with Crippen LogP contribution in [0.1, 0.15) is 0 Å². The molecule has 1 saturated heterocycles. The number of halogens is 1. The lowest BCUT2D eigenvalue weighted by Crippen LogP contribution is -2.36. The van der Waals surface area contributed by atoms with Crippen LogP contribution in [0.3, 0.4) is 0 Å². The van der Waals surface area contributed by atoms with E-state index in [-0.39, 0.29) is 0 Å². The third-order valence-corrected chi connectivity index (χ3v) is 3.26. The number of ether oxygens (including phenoxy) is 1. The first-order valence-corrected chi connectivity index (χ1v) is 6.81. The Labute approximate surface area is 126 Å². The summed E-state index contributed by atoms with van der Waals surface area (Å²) in [5.74, 6) is 1.06. The number of aromatic amines is 1. The molecular formula is C12H14ClN7O. The summed E-state index contributed by atoms with van der Waals surface area (Å²) < 4.78 is 5.32. The highest BCUT2D eigenvalue weighted by atomic mass is 35.5. The van der Waals surface area contributed by atoms with Crippen LogP contribution in [0.15, 0.2) is 28.6 Å². The maximum Gasteiger partial charge on any atom is 0.180 e. The van der Waals surface area contributed by atoms with Gasteiger partial charge in [-0.15, -0.1) is 10.2 Å². The standard InChI is InChI=1S/C12H14ClN7O/c13-9-2-1-8(7-15-9)16-17-10-11(14)18-19-12(10)20-3-5-21-6-4-20/h1-2,7H,3-6H2,(H3,14,18,19). The van der Waals surface area contributed by atoms with E-state index in [4.69, 9.17) is 22.1 Å². The second-order valence-electron chi connectivity index (χ2n) is 4.45. The van der Waals surface area contributed by atoms with Gasteiger partial charge in [0.2, 0.25) is 0 Å². The molecule has 1 aliphatic rings. The van der Waals surface area contributed by atoms with Crippen molar-refractivity contribution in [3.8, 4) is 0 Å². The Morgan fingerprint density at radius 3 is 2.81 bits per heavy atom. The van der Waals surface area contributed by atoms with Gasteiger partial charge in [0, 0.05) is 13.1 Å². The highest BCUT2D eigenvalue weighted by Crippen LogP contribution is 2.33. The highest BCUT2D eigenvalue weighted by molar-refractivity contribution is 6.29. The van der Waals surface area contributed by atoms with Crippen LogP contribution >= 0.6 is 11.6 Å². The van der Waals surface area contributed by atoms with Gasteiger partial charge in [-0.2, -0.15) is 5.10 Å². The normalized spacial score (nSPS) is 15.8. The zero-order valence-electron chi connectivity index (χ0n) is 11.2. The number of nitrogens with one attached hydrogen (secondary N) is 1. The molecule has 3 N–H and O–H groups in total.